The first-order valence-corrected chi connectivity index (χ1v) is 9.68. The smallest absolute Gasteiger partial charge is 0.335 e. The zero-order chi connectivity index (χ0) is 19.9. The fourth-order valence-corrected chi connectivity index (χ4v) is 3.09. The van der Waals surface area contributed by atoms with Gasteiger partial charge in [0.2, 0.25) is 0 Å². The number of hydrogen-bond donors (Lipinski definition) is 1. The van der Waals surface area contributed by atoms with Crippen LogP contribution in [-0.4, -0.2) is 41.6 Å². The summed E-state index contributed by atoms with van der Waals surface area (Å²) < 4.78 is 5.28. The zero-order valence-electron chi connectivity index (χ0n) is 15.6. The number of aliphatic carboxylic acids is 1. The van der Waals surface area contributed by atoms with E-state index in [1.807, 2.05) is 48.8 Å². The number of carbonyl (C=O) groups is 1. The van der Waals surface area contributed by atoms with Gasteiger partial charge < -0.3 is 14.7 Å². The highest BCUT2D eigenvalue weighted by molar-refractivity contribution is 7.08. The molecule has 0 aliphatic carbocycles. The van der Waals surface area contributed by atoms with Crippen molar-refractivity contribution in [3.63, 3.8) is 0 Å². The Kier molecular flexibility index (Phi) is 7.59. The second-order valence-corrected chi connectivity index (χ2v) is 7.62. The number of thiophene rings is 1. The predicted molar refractivity (Wildman–Crippen MR) is 111 cm³/mol. The van der Waals surface area contributed by atoms with E-state index < -0.39 is 11.6 Å². The average Bonchev–Trinajstić information content (AvgIpc) is 3.14. The van der Waals surface area contributed by atoms with E-state index in [0.717, 1.165) is 21.8 Å². The molecule has 0 spiro atoms. The SMILES string of the molecule is CN(Cc1ccccc1Cl)/C(=C\C=NCOC(C)(C)C(=O)O)c1ccsc1. The van der Waals surface area contributed by atoms with Crippen molar-refractivity contribution in [2.45, 2.75) is 26.0 Å². The van der Waals surface area contributed by atoms with Gasteiger partial charge in [-0.1, -0.05) is 29.8 Å². The number of nitrogens with zero attached hydrogens (tertiary/aromatic N) is 2. The molecule has 0 bridgehead atoms. The Bertz CT molecular complexity index is 816. The van der Waals surface area contributed by atoms with Gasteiger partial charge in [-0.3, -0.25) is 4.99 Å². The lowest BCUT2D eigenvalue weighted by molar-refractivity contribution is -0.160. The Balaban J connectivity index is 2.10. The lowest BCUT2D eigenvalue weighted by atomic mass is 10.1. The molecule has 0 radical (unpaired) electrons. The van der Waals surface area contributed by atoms with Crippen LogP contribution in [0.4, 0.5) is 0 Å². The van der Waals surface area contributed by atoms with Crippen molar-refractivity contribution in [1.82, 2.24) is 4.90 Å². The van der Waals surface area contributed by atoms with Gasteiger partial charge in [0.05, 0.1) is 0 Å². The van der Waals surface area contributed by atoms with Gasteiger partial charge in [-0.15, -0.1) is 0 Å². The molecule has 1 N–H and O–H groups in total. The molecule has 0 amide bonds. The summed E-state index contributed by atoms with van der Waals surface area (Å²) in [6.07, 6.45) is 3.52. The molecule has 0 saturated carbocycles. The fraction of sp³-hybridized carbons (Fsp3) is 0.300. The van der Waals surface area contributed by atoms with Crippen molar-refractivity contribution in [2.75, 3.05) is 13.8 Å². The van der Waals surface area contributed by atoms with Crippen LogP contribution >= 0.6 is 22.9 Å². The highest BCUT2D eigenvalue weighted by Crippen LogP contribution is 2.24. The maximum atomic E-state index is 11.0. The maximum Gasteiger partial charge on any atom is 0.335 e. The standard InChI is InChI=1S/C20H23ClN2O3S/c1-20(2,19(24)25)26-14-22-10-8-18(16-9-11-27-13-16)23(3)12-15-6-4-5-7-17(15)21/h4-11,13H,12,14H2,1-3H3,(H,24,25)/b18-8-,22-10?. The minimum absolute atomic E-state index is 0.0268. The van der Waals surface area contributed by atoms with Crippen LogP contribution in [0.15, 0.2) is 52.2 Å². The van der Waals surface area contributed by atoms with E-state index in [0.29, 0.717) is 6.54 Å². The molecular formula is C20H23ClN2O3S. The Morgan fingerprint density at radius 3 is 2.74 bits per heavy atom. The summed E-state index contributed by atoms with van der Waals surface area (Å²) >= 11 is 7.89. The topological polar surface area (TPSA) is 62.1 Å². The molecule has 2 aromatic rings. The number of carboxylic acids is 1. The van der Waals surface area contributed by atoms with Crippen molar-refractivity contribution < 1.29 is 14.6 Å². The quantitative estimate of drug-likeness (QED) is 0.608. The van der Waals surface area contributed by atoms with Crippen molar-refractivity contribution in [3.05, 3.63) is 63.3 Å². The van der Waals surface area contributed by atoms with Crippen molar-refractivity contribution in [2.24, 2.45) is 4.99 Å². The second-order valence-electron chi connectivity index (χ2n) is 6.43. The molecule has 0 aliphatic rings. The van der Waals surface area contributed by atoms with E-state index in [9.17, 15) is 4.79 Å². The van der Waals surface area contributed by atoms with E-state index in [-0.39, 0.29) is 6.73 Å². The van der Waals surface area contributed by atoms with E-state index in [1.165, 1.54) is 13.8 Å². The van der Waals surface area contributed by atoms with E-state index in [4.69, 9.17) is 21.4 Å². The van der Waals surface area contributed by atoms with Crippen LogP contribution < -0.4 is 0 Å². The highest BCUT2D eigenvalue weighted by Gasteiger charge is 2.27. The number of allylic oxidation sites excluding steroid dienone is 1. The van der Waals surface area contributed by atoms with Gasteiger partial charge in [-0.25, -0.2) is 4.79 Å². The molecule has 0 aliphatic heterocycles. The summed E-state index contributed by atoms with van der Waals surface area (Å²) in [6, 6.07) is 9.79. The summed E-state index contributed by atoms with van der Waals surface area (Å²) in [5, 5.41) is 13.8. The first-order chi connectivity index (χ1) is 12.8. The maximum absolute atomic E-state index is 11.0. The third-order valence-electron chi connectivity index (χ3n) is 3.95. The normalized spacial score (nSPS) is 12.5. The second kappa shape index (κ2) is 9.69. The minimum atomic E-state index is -1.27. The van der Waals surface area contributed by atoms with Gasteiger partial charge in [-0.05, 0) is 43.0 Å². The van der Waals surface area contributed by atoms with E-state index in [2.05, 4.69) is 15.3 Å². The van der Waals surface area contributed by atoms with Crippen LogP contribution in [0.25, 0.3) is 5.70 Å². The number of halogens is 1. The Labute approximate surface area is 168 Å². The molecule has 0 atom stereocenters. The van der Waals surface area contributed by atoms with Crippen molar-refractivity contribution in [3.8, 4) is 0 Å². The number of benzene rings is 1. The Morgan fingerprint density at radius 1 is 1.37 bits per heavy atom. The van der Waals surface area contributed by atoms with Gasteiger partial charge in [0, 0.05) is 41.5 Å². The molecular weight excluding hydrogens is 384 g/mol. The third-order valence-corrected chi connectivity index (χ3v) is 5.00. The van der Waals surface area contributed by atoms with Crippen LogP contribution in [0.1, 0.15) is 25.0 Å². The lowest BCUT2D eigenvalue weighted by Gasteiger charge is -2.22. The molecule has 0 saturated heterocycles. The monoisotopic (exact) mass is 406 g/mol. The molecule has 5 nitrogen and oxygen atoms in total. The van der Waals surface area contributed by atoms with Crippen molar-refractivity contribution >= 4 is 40.8 Å². The Hall–Kier alpha value is -2.15. The third kappa shape index (κ3) is 6.20. The average molecular weight is 407 g/mol. The van der Waals surface area contributed by atoms with Crippen LogP contribution in [0.2, 0.25) is 5.02 Å². The Morgan fingerprint density at radius 2 is 2.11 bits per heavy atom. The van der Waals surface area contributed by atoms with Gasteiger partial charge in [0.15, 0.2) is 5.60 Å². The molecule has 0 unspecified atom stereocenters. The molecule has 1 heterocycles. The first kappa shape index (κ1) is 21.2. The molecule has 0 fully saturated rings. The van der Waals surface area contributed by atoms with Crippen LogP contribution in [0.5, 0.6) is 0 Å². The van der Waals surface area contributed by atoms with Crippen LogP contribution in [0.3, 0.4) is 0 Å². The van der Waals surface area contributed by atoms with Crippen LogP contribution in [0, 0.1) is 0 Å². The summed E-state index contributed by atoms with van der Waals surface area (Å²) in [4.78, 5) is 17.3. The fourth-order valence-electron chi connectivity index (χ4n) is 2.25. The first-order valence-electron chi connectivity index (χ1n) is 8.36. The van der Waals surface area contributed by atoms with Gasteiger partial charge in [0.1, 0.15) is 6.73 Å². The number of carboxylic acid groups (broad SMARTS) is 1. The van der Waals surface area contributed by atoms with Crippen LogP contribution in [-0.2, 0) is 16.1 Å². The largest absolute Gasteiger partial charge is 0.479 e. The molecule has 27 heavy (non-hydrogen) atoms. The minimum Gasteiger partial charge on any atom is -0.479 e. The van der Waals surface area contributed by atoms with E-state index in [1.54, 1.807) is 17.6 Å². The lowest BCUT2D eigenvalue weighted by Crippen LogP contribution is -2.34. The molecule has 7 heteroatoms. The molecule has 1 aromatic carbocycles. The molecule has 144 valence electrons. The van der Waals surface area contributed by atoms with Gasteiger partial charge in [-0.2, -0.15) is 11.3 Å². The highest BCUT2D eigenvalue weighted by atomic mass is 35.5. The summed E-state index contributed by atoms with van der Waals surface area (Å²) in [5.74, 6) is -1.02. The zero-order valence-corrected chi connectivity index (χ0v) is 17.1. The van der Waals surface area contributed by atoms with Gasteiger partial charge in [0.25, 0.3) is 0 Å². The summed E-state index contributed by atoms with van der Waals surface area (Å²) in [7, 11) is 1.99. The number of hydrogen-bond acceptors (Lipinski definition) is 5. The summed E-state index contributed by atoms with van der Waals surface area (Å²) in [5.41, 5.74) is 1.83. The number of aliphatic imine (C=N–C) groups is 1. The van der Waals surface area contributed by atoms with Crippen molar-refractivity contribution in [1.29, 1.82) is 0 Å². The molecule has 2 rings (SSSR count). The summed E-state index contributed by atoms with van der Waals surface area (Å²) in [6.45, 7) is 3.61. The number of rotatable bonds is 9. The van der Waals surface area contributed by atoms with E-state index >= 15 is 0 Å². The predicted octanol–water partition coefficient (Wildman–Crippen LogP) is 4.78. The number of ether oxygens (including phenoxy) is 1. The van der Waals surface area contributed by atoms with Gasteiger partial charge >= 0.3 is 5.97 Å². The molecule has 1 aromatic heterocycles.